The van der Waals surface area contributed by atoms with Crippen molar-refractivity contribution in [2.45, 2.75) is 0 Å². The molecule has 0 saturated carbocycles. The Bertz CT molecular complexity index is 15.5. The molecule has 32 valence electrons. The molecule has 0 aromatic rings. The van der Waals surface area contributed by atoms with Crippen molar-refractivity contribution in [3.8, 4) is 0 Å². The van der Waals surface area contributed by atoms with Crippen LogP contribution in [0.25, 0.3) is 0 Å². The van der Waals surface area contributed by atoms with Gasteiger partial charge in [-0.2, -0.15) is 0 Å². The number of halogens is 2. The Hall–Kier alpha value is 3.95. The minimum absolute atomic E-state index is 0. The van der Waals surface area contributed by atoms with E-state index in [0.29, 0.717) is 0 Å². The average molecular weight is 535 g/mol. The molecule has 0 aromatic carbocycles. The summed E-state index contributed by atoms with van der Waals surface area (Å²) in [6.45, 7) is 0. The number of hydrogen-bond donors (Lipinski definition) is 1. The average Bonchev–Trinajstić information content (AvgIpc) is 1.00. The van der Waals surface area contributed by atoms with E-state index in [4.69, 9.17) is 0 Å². The van der Waals surface area contributed by atoms with E-state index in [9.17, 15) is 0 Å². The van der Waals surface area contributed by atoms with E-state index in [1.807, 2.05) is 0 Å². The normalized spacial score (nSPS) is 1.00. The molecule has 0 amide bonds. The smallest absolute Gasteiger partial charge is 1.00 e. The Balaban J connectivity index is -0.000000000833. The second kappa shape index (κ2) is 36.2. The van der Waals surface area contributed by atoms with Gasteiger partial charge in [0.05, 0.1) is 7.05 Å². The van der Waals surface area contributed by atoms with Gasteiger partial charge in [0, 0.05) is 0 Å². The van der Waals surface area contributed by atoms with Crippen LogP contribution >= 0.6 is 0 Å². The first kappa shape index (κ1) is 32.5. The second-order valence-corrected chi connectivity index (χ2v) is 0. The van der Waals surface area contributed by atoms with Crippen LogP contribution in [0.3, 0.4) is 0 Å². The van der Waals surface area contributed by atoms with Gasteiger partial charge in [-0.25, -0.2) is 0 Å². The third kappa shape index (κ3) is 24.6. The molecule has 0 bridgehead atoms. The first-order valence-electron chi connectivity index (χ1n) is 0.707. The van der Waals surface area contributed by atoms with Crippen LogP contribution in [-0.2, 0) is 0 Å². The maximum absolute atomic E-state index is 3.25. The van der Waals surface area contributed by atoms with Gasteiger partial charge >= 0.3 is 96.2 Å². The number of hydrogen-bond acceptors (Lipinski definition) is 0. The molecule has 5 heteroatoms. The fraction of sp³-hybridized carbons (Fsp3) is 1.00. The van der Waals surface area contributed by atoms with Gasteiger partial charge in [-0.05, 0) is 0 Å². The van der Waals surface area contributed by atoms with Crippen molar-refractivity contribution in [2.24, 2.45) is 0 Å². The fourth-order valence-electron chi connectivity index (χ4n) is 0. The van der Waals surface area contributed by atoms with E-state index in [1.54, 1.807) is 7.05 Å². The van der Waals surface area contributed by atoms with Gasteiger partial charge in [-0.15, -0.1) is 0 Å². The third-order valence-electron chi connectivity index (χ3n) is 0. The van der Waals surface area contributed by atoms with Crippen molar-refractivity contribution in [1.82, 2.24) is 0 Å². The zero-order chi connectivity index (χ0) is 2.00. The van der Waals surface area contributed by atoms with Gasteiger partial charge in [0.1, 0.15) is 0 Å². The monoisotopic (exact) mass is 535 g/mol. The van der Waals surface area contributed by atoms with Crippen LogP contribution in [0, 0.1) is 0 Å². The summed E-state index contributed by atoms with van der Waals surface area (Å²) in [7, 11) is 1.75. The summed E-state index contributed by atoms with van der Waals surface area (Å²) in [4.78, 5) is 0. The van der Waals surface area contributed by atoms with Crippen molar-refractivity contribution >= 4 is 27.3 Å². The first-order valence-corrected chi connectivity index (χ1v) is 0.707. The summed E-state index contributed by atoms with van der Waals surface area (Å²) in [5.74, 6) is 0. The number of quaternary nitrogens is 1. The molecule has 0 aliphatic heterocycles. The van der Waals surface area contributed by atoms with Crippen molar-refractivity contribution in [3.63, 3.8) is 0 Å². The van der Waals surface area contributed by atoms with Crippen LogP contribution < -0.4 is 111 Å². The Morgan fingerprint density at radius 2 is 1.17 bits per heavy atom. The predicted octanol–water partition coefficient (Wildman–Crippen LogP) is -10.5. The van der Waals surface area contributed by atoms with Crippen LogP contribution in [0.5, 0.6) is 0 Å². The summed E-state index contributed by atoms with van der Waals surface area (Å²) in [5, 5.41) is 0. The molecule has 0 saturated heterocycles. The topological polar surface area (TPSA) is 27.6 Å². The Morgan fingerprint density at radius 1 is 1.17 bits per heavy atom. The van der Waals surface area contributed by atoms with E-state index in [1.165, 1.54) is 0 Å². The Labute approximate surface area is 141 Å². The number of rotatable bonds is 0. The van der Waals surface area contributed by atoms with Crippen molar-refractivity contribution in [3.05, 3.63) is 0 Å². The van der Waals surface area contributed by atoms with E-state index in [2.05, 4.69) is 5.73 Å². The fourth-order valence-corrected chi connectivity index (χ4v) is 0. The molecule has 0 fully saturated rings. The molecular formula is CH6ClCsINPb+2. The maximum Gasteiger partial charge on any atom is 2.00 e. The summed E-state index contributed by atoms with van der Waals surface area (Å²) < 4.78 is 0. The molecule has 6 heavy (non-hydrogen) atoms. The Kier molecular flexibility index (Phi) is 196. The molecule has 0 heterocycles. The van der Waals surface area contributed by atoms with Gasteiger partial charge in [0.25, 0.3) is 0 Å². The minimum Gasteiger partial charge on any atom is -1.00 e. The van der Waals surface area contributed by atoms with Gasteiger partial charge in [0.15, 0.2) is 0 Å². The molecule has 3 N–H and O–H groups in total. The second-order valence-electron chi connectivity index (χ2n) is 0. The standard InChI is InChI=1S/CH5N.ClH.Cs.HI.Pb/c1-2;;;;/h2H2,1H3;1H;;1H;/q;;+1;;+2/p-1. The van der Waals surface area contributed by atoms with Crippen LogP contribution in [0.4, 0.5) is 0 Å². The first-order chi connectivity index (χ1) is 1.00. The quantitative estimate of drug-likeness (QED) is 0.236. The van der Waals surface area contributed by atoms with E-state index >= 15 is 0 Å². The van der Waals surface area contributed by atoms with Gasteiger partial charge in [0.2, 0.25) is 0 Å². The molecule has 1 nitrogen and oxygen atoms in total. The summed E-state index contributed by atoms with van der Waals surface area (Å²) in [5.41, 5.74) is 3.25. The maximum atomic E-state index is 3.25. The van der Waals surface area contributed by atoms with Crippen LogP contribution in [0.2, 0.25) is 0 Å². The summed E-state index contributed by atoms with van der Waals surface area (Å²) in [6.07, 6.45) is 0. The Morgan fingerprint density at radius 3 is 1.17 bits per heavy atom. The van der Waals surface area contributed by atoms with Gasteiger partial charge in [-0.3, -0.25) is 0 Å². The van der Waals surface area contributed by atoms with E-state index in [0.717, 1.165) is 0 Å². The molecule has 2 radical (unpaired) electrons. The zero-order valence-corrected chi connectivity index (χ0v) is 17.0. The zero-order valence-electron chi connectivity index (χ0n) is 3.96. The molecule has 0 spiro atoms. The van der Waals surface area contributed by atoms with Gasteiger partial charge < -0.3 is 42.1 Å². The van der Waals surface area contributed by atoms with E-state index < -0.39 is 0 Å². The van der Waals surface area contributed by atoms with Crippen molar-refractivity contribution in [2.75, 3.05) is 7.05 Å². The SMILES string of the molecule is C[NH3+].[Cl-].[Cs+].[I-].[Pb+2]. The molecule has 0 aliphatic rings. The largest absolute Gasteiger partial charge is 2.00 e. The van der Waals surface area contributed by atoms with Crippen LogP contribution in [0.1, 0.15) is 0 Å². The molecule has 0 unspecified atom stereocenters. The van der Waals surface area contributed by atoms with Crippen molar-refractivity contribution in [1.29, 1.82) is 0 Å². The molecule has 0 aliphatic carbocycles. The summed E-state index contributed by atoms with van der Waals surface area (Å²) in [6, 6.07) is 0. The van der Waals surface area contributed by atoms with Gasteiger partial charge in [-0.1, -0.05) is 0 Å². The van der Waals surface area contributed by atoms with Crippen LogP contribution in [0.15, 0.2) is 0 Å². The minimum atomic E-state index is 0. The van der Waals surface area contributed by atoms with Crippen molar-refractivity contribution < 1.29 is 111 Å². The molecular weight excluding hydrogens is 528 g/mol. The predicted molar refractivity (Wildman–Crippen MR) is 14.6 cm³/mol. The van der Waals surface area contributed by atoms with Crippen LogP contribution in [-0.4, -0.2) is 34.3 Å². The molecule has 0 aromatic heterocycles. The third-order valence-corrected chi connectivity index (χ3v) is 0. The summed E-state index contributed by atoms with van der Waals surface area (Å²) >= 11 is 0. The molecule has 0 atom stereocenters. The van der Waals surface area contributed by atoms with E-state index in [-0.39, 0.29) is 133 Å². The molecule has 0 rings (SSSR count).